The van der Waals surface area contributed by atoms with Crippen molar-refractivity contribution >= 4 is 6.29 Å². The van der Waals surface area contributed by atoms with Gasteiger partial charge in [0.1, 0.15) is 17.3 Å². The molecule has 4 heteroatoms. The maximum Gasteiger partial charge on any atom is 0.211 e. The van der Waals surface area contributed by atoms with E-state index in [9.17, 15) is 4.79 Å². The number of carbonyl (C=O) groups excluding carboxylic acids is 1. The zero-order valence-electron chi connectivity index (χ0n) is 5.82. The lowest BCUT2D eigenvalue weighted by Crippen LogP contribution is -1.73. The predicted molar refractivity (Wildman–Crippen MR) is 39.4 cm³/mol. The summed E-state index contributed by atoms with van der Waals surface area (Å²) < 4.78 is 0. The van der Waals surface area contributed by atoms with E-state index < -0.39 is 0 Å². The smallest absolute Gasteiger partial charge is 0.211 e. The van der Waals surface area contributed by atoms with Gasteiger partial charge in [-0.3, -0.25) is 4.79 Å². The fourth-order valence-corrected chi connectivity index (χ4v) is 0.532. The van der Waals surface area contributed by atoms with Gasteiger partial charge in [0.25, 0.3) is 0 Å². The minimum atomic E-state index is 0.729. The van der Waals surface area contributed by atoms with E-state index in [0.29, 0.717) is 0 Å². The molecule has 0 atom stereocenters. The molecular formula is C7H8N3O+. The first-order valence-electron chi connectivity index (χ1n) is 2.88. The van der Waals surface area contributed by atoms with Gasteiger partial charge in [0, 0.05) is 5.56 Å². The monoisotopic (exact) mass is 150 g/mol. The van der Waals surface area contributed by atoms with E-state index in [0.717, 1.165) is 11.8 Å². The first-order valence-corrected chi connectivity index (χ1v) is 2.88. The van der Waals surface area contributed by atoms with Crippen LogP contribution in [0.15, 0.2) is 30.3 Å². The summed E-state index contributed by atoms with van der Waals surface area (Å²) in [5.74, 6) is 0. The Morgan fingerprint density at radius 1 is 1.18 bits per heavy atom. The number of hydrogen-bond donors (Lipinski definition) is 2. The maximum atomic E-state index is 10.0. The Bertz CT molecular complexity index is 239. The topological polar surface area (TPSA) is 78.9 Å². The number of nitrogens with one attached hydrogen (secondary N) is 2. The van der Waals surface area contributed by atoms with E-state index in [2.05, 4.69) is 0 Å². The zero-order valence-corrected chi connectivity index (χ0v) is 5.82. The van der Waals surface area contributed by atoms with Crippen molar-refractivity contribution in [2.24, 2.45) is 0 Å². The SMILES string of the molecule is N=[N+]=N.O=Cc1ccccc1. The van der Waals surface area contributed by atoms with Gasteiger partial charge in [-0.25, -0.2) is 0 Å². The van der Waals surface area contributed by atoms with Crippen molar-refractivity contribution in [3.8, 4) is 0 Å². The van der Waals surface area contributed by atoms with Crippen molar-refractivity contribution in [1.82, 2.24) is 4.91 Å². The quantitative estimate of drug-likeness (QED) is 0.356. The summed E-state index contributed by atoms with van der Waals surface area (Å²) >= 11 is 0. The third kappa shape index (κ3) is 4.69. The standard InChI is InChI=1S/C7H6O.H2N3/c8-6-7-4-2-1-3-5-7;1-3-2/h1-6H;1-2H/q;+1. The van der Waals surface area contributed by atoms with Crippen LogP contribution in [0, 0.1) is 11.1 Å². The lowest BCUT2D eigenvalue weighted by atomic mass is 10.2. The van der Waals surface area contributed by atoms with E-state index >= 15 is 0 Å². The highest BCUT2D eigenvalue weighted by Crippen LogP contribution is 1.91. The summed E-state index contributed by atoms with van der Waals surface area (Å²) in [5.41, 5.74) is 11.7. The van der Waals surface area contributed by atoms with Crippen LogP contribution in [0.25, 0.3) is 0 Å². The minimum Gasteiger partial charge on any atom is -0.298 e. The van der Waals surface area contributed by atoms with E-state index in [4.69, 9.17) is 11.1 Å². The number of rotatable bonds is 1. The second-order valence-corrected chi connectivity index (χ2v) is 1.64. The Balaban J connectivity index is 0.000000292. The molecular weight excluding hydrogens is 142 g/mol. The largest absolute Gasteiger partial charge is 0.298 e. The summed E-state index contributed by atoms with van der Waals surface area (Å²) in [6.45, 7) is 0. The van der Waals surface area contributed by atoms with Crippen LogP contribution in [0.1, 0.15) is 10.4 Å². The Labute approximate surface area is 63.9 Å². The highest BCUT2D eigenvalue weighted by atomic mass is 16.1. The van der Waals surface area contributed by atoms with Crippen LogP contribution < -0.4 is 4.91 Å². The van der Waals surface area contributed by atoms with Crippen LogP contribution in [0.4, 0.5) is 0 Å². The summed E-state index contributed by atoms with van der Waals surface area (Å²) in [6, 6.07) is 9.10. The van der Waals surface area contributed by atoms with Crippen LogP contribution in [0.3, 0.4) is 0 Å². The van der Waals surface area contributed by atoms with Gasteiger partial charge in [0.15, 0.2) is 0 Å². The van der Waals surface area contributed by atoms with E-state index in [-0.39, 0.29) is 0 Å². The summed E-state index contributed by atoms with van der Waals surface area (Å²) in [6.07, 6.45) is 0.833. The summed E-state index contributed by atoms with van der Waals surface area (Å²) in [4.78, 5) is 12.0. The lowest BCUT2D eigenvalue weighted by Gasteiger charge is -1.81. The Hall–Kier alpha value is -1.80. The van der Waals surface area contributed by atoms with Crippen molar-refractivity contribution < 1.29 is 4.79 Å². The molecule has 0 unspecified atom stereocenters. The molecule has 4 nitrogen and oxygen atoms in total. The third-order valence-corrected chi connectivity index (χ3v) is 0.936. The van der Waals surface area contributed by atoms with Gasteiger partial charge < -0.3 is 0 Å². The van der Waals surface area contributed by atoms with Gasteiger partial charge in [-0.05, 0) is 0 Å². The molecule has 0 bridgehead atoms. The van der Waals surface area contributed by atoms with Crippen molar-refractivity contribution in [3.63, 3.8) is 0 Å². The molecule has 0 heterocycles. The van der Waals surface area contributed by atoms with Crippen molar-refractivity contribution in [3.05, 3.63) is 35.9 Å². The molecule has 0 aromatic heterocycles. The maximum absolute atomic E-state index is 10.0. The van der Waals surface area contributed by atoms with Crippen LogP contribution in [0.5, 0.6) is 0 Å². The molecule has 0 fully saturated rings. The lowest BCUT2D eigenvalue weighted by molar-refractivity contribution is 0.112. The zero-order chi connectivity index (χ0) is 8.53. The fraction of sp³-hybridized carbons (Fsp3) is 0. The molecule has 0 amide bonds. The van der Waals surface area contributed by atoms with Gasteiger partial charge in [-0.15, -0.1) is 0 Å². The van der Waals surface area contributed by atoms with Gasteiger partial charge in [0.05, 0.1) is 0 Å². The van der Waals surface area contributed by atoms with E-state index in [1.807, 2.05) is 23.1 Å². The third-order valence-electron chi connectivity index (χ3n) is 0.936. The van der Waals surface area contributed by atoms with Crippen LogP contribution in [-0.2, 0) is 0 Å². The molecule has 0 saturated heterocycles. The molecule has 2 N–H and O–H groups in total. The molecule has 0 spiro atoms. The summed E-state index contributed by atoms with van der Waals surface area (Å²) in [7, 11) is 0. The molecule has 56 valence electrons. The molecule has 0 aliphatic heterocycles. The van der Waals surface area contributed by atoms with Gasteiger partial charge in [-0.2, -0.15) is 0 Å². The van der Waals surface area contributed by atoms with Gasteiger partial charge in [0.2, 0.25) is 4.91 Å². The molecule has 0 saturated carbocycles. The molecule has 0 aliphatic rings. The average molecular weight is 150 g/mol. The molecule has 1 rings (SSSR count). The van der Waals surface area contributed by atoms with Crippen molar-refractivity contribution in [1.29, 1.82) is 11.1 Å². The fourth-order valence-electron chi connectivity index (χ4n) is 0.532. The second-order valence-electron chi connectivity index (χ2n) is 1.64. The Morgan fingerprint density at radius 2 is 1.64 bits per heavy atom. The number of nitrogens with zero attached hydrogens (tertiary/aromatic N) is 1. The van der Waals surface area contributed by atoms with Crippen LogP contribution in [0.2, 0.25) is 0 Å². The van der Waals surface area contributed by atoms with E-state index in [1.54, 1.807) is 12.1 Å². The van der Waals surface area contributed by atoms with E-state index in [1.165, 1.54) is 0 Å². The molecule has 1 aromatic carbocycles. The number of carbonyl (C=O) groups is 1. The first-order chi connectivity index (χ1) is 5.35. The second kappa shape index (κ2) is 6.32. The number of aldehydes is 1. The molecule has 0 radical (unpaired) electrons. The Morgan fingerprint density at radius 3 is 1.91 bits per heavy atom. The normalized spacial score (nSPS) is 6.91. The average Bonchev–Trinajstić information content (AvgIpc) is 2.08. The highest BCUT2D eigenvalue weighted by Gasteiger charge is 1.79. The van der Waals surface area contributed by atoms with Crippen LogP contribution >= 0.6 is 0 Å². The molecule has 0 aliphatic carbocycles. The molecule has 1 aromatic rings. The summed E-state index contributed by atoms with van der Waals surface area (Å²) in [5, 5.41) is 0. The minimum absolute atomic E-state index is 0.729. The van der Waals surface area contributed by atoms with Crippen LogP contribution in [-0.4, -0.2) is 6.29 Å². The van der Waals surface area contributed by atoms with Crippen molar-refractivity contribution in [2.75, 3.05) is 0 Å². The molecule has 11 heavy (non-hydrogen) atoms. The Kier molecular flexibility index (Phi) is 5.29. The number of hydrogen-bond acceptors (Lipinski definition) is 3. The highest BCUT2D eigenvalue weighted by molar-refractivity contribution is 5.74. The van der Waals surface area contributed by atoms with Crippen molar-refractivity contribution in [2.45, 2.75) is 0 Å². The van der Waals surface area contributed by atoms with Gasteiger partial charge in [-0.1, -0.05) is 30.3 Å². The number of benzene rings is 1. The van der Waals surface area contributed by atoms with Gasteiger partial charge >= 0.3 is 0 Å². The predicted octanol–water partition coefficient (Wildman–Crippen LogP) is 1.61. The first kappa shape index (κ1) is 9.20.